The molecule has 9 heteroatoms. The average molecular weight is 587 g/mol. The van der Waals surface area contributed by atoms with Gasteiger partial charge in [0.15, 0.2) is 0 Å². The average Bonchev–Trinajstić information content (AvgIpc) is 3.59. The van der Waals surface area contributed by atoms with E-state index >= 15 is 0 Å². The predicted molar refractivity (Wildman–Crippen MR) is 165 cm³/mol. The first-order valence-corrected chi connectivity index (χ1v) is 13.5. The van der Waals surface area contributed by atoms with Crippen molar-refractivity contribution in [3.05, 3.63) is 83.6 Å². The molecule has 6 nitrogen and oxygen atoms in total. The molecule has 0 bridgehead atoms. The second kappa shape index (κ2) is 12.6. The summed E-state index contributed by atoms with van der Waals surface area (Å²) in [6.45, 7) is 3.99. The molecule has 0 spiro atoms. The van der Waals surface area contributed by atoms with Crippen molar-refractivity contribution in [2.75, 3.05) is 44.7 Å². The second-order valence-corrected chi connectivity index (χ2v) is 10.6. The number of anilines is 1. The molecule has 2 aromatic carbocycles. The van der Waals surface area contributed by atoms with Crippen molar-refractivity contribution in [2.45, 2.75) is 24.8 Å². The zero-order valence-corrected chi connectivity index (χ0v) is 24.3. The van der Waals surface area contributed by atoms with Gasteiger partial charge in [-0.2, -0.15) is 0 Å². The highest BCUT2D eigenvalue weighted by atomic mass is 35.5. The molecule has 2 saturated heterocycles. The van der Waals surface area contributed by atoms with Gasteiger partial charge in [-0.05, 0) is 55.8 Å². The molecule has 6 rings (SSSR count). The number of piperazine rings is 1. The van der Waals surface area contributed by atoms with Crippen molar-refractivity contribution in [1.29, 1.82) is 0 Å². The molecule has 1 N–H and O–H groups in total. The summed E-state index contributed by atoms with van der Waals surface area (Å²) in [6, 6.07) is 20.6. The van der Waals surface area contributed by atoms with Crippen LogP contribution < -0.4 is 4.90 Å². The van der Waals surface area contributed by atoms with Crippen LogP contribution in [0.4, 0.5) is 5.69 Å². The Morgan fingerprint density at radius 1 is 0.974 bits per heavy atom. The van der Waals surface area contributed by atoms with E-state index in [9.17, 15) is 4.79 Å². The van der Waals surface area contributed by atoms with Gasteiger partial charge in [0.05, 0.1) is 11.6 Å². The summed E-state index contributed by atoms with van der Waals surface area (Å²) in [7, 11) is 2.14. The molecule has 206 valence electrons. The number of aromatic amines is 1. The molecular weight excluding hydrogens is 553 g/mol. The summed E-state index contributed by atoms with van der Waals surface area (Å²) in [5.74, 6) is 0.0547. The van der Waals surface area contributed by atoms with Crippen molar-refractivity contribution < 1.29 is 4.79 Å². The summed E-state index contributed by atoms with van der Waals surface area (Å²) in [6.07, 6.45) is 6.08. The van der Waals surface area contributed by atoms with Crippen molar-refractivity contribution >= 4 is 59.0 Å². The SMILES string of the molecule is CN1CCCC1C(C(=O)N1CCN(c2c(-c3ccccc3)cnc3[nH]ccc23)CC1)c1ccc(Cl)cc1.Cl.Cl. The molecule has 0 aliphatic carbocycles. The van der Waals surface area contributed by atoms with Gasteiger partial charge in [-0.3, -0.25) is 4.79 Å². The zero-order chi connectivity index (χ0) is 25.4. The molecule has 1 amide bonds. The number of carbonyl (C=O) groups is 1. The molecule has 2 fully saturated rings. The number of hydrogen-bond donors (Lipinski definition) is 1. The van der Waals surface area contributed by atoms with E-state index in [1.165, 1.54) is 5.69 Å². The van der Waals surface area contributed by atoms with Crippen molar-refractivity contribution in [3.63, 3.8) is 0 Å². The number of carbonyl (C=O) groups excluding carboxylic acids is 1. The number of H-pyrrole nitrogens is 1. The number of likely N-dealkylation sites (N-methyl/N-ethyl adjacent to an activating group) is 1. The molecule has 4 aromatic rings. The van der Waals surface area contributed by atoms with Gasteiger partial charge in [0, 0.05) is 60.6 Å². The second-order valence-electron chi connectivity index (χ2n) is 10.2. The fourth-order valence-electron chi connectivity index (χ4n) is 6.07. The highest BCUT2D eigenvalue weighted by Gasteiger charge is 2.38. The van der Waals surface area contributed by atoms with Gasteiger partial charge >= 0.3 is 0 Å². The van der Waals surface area contributed by atoms with Gasteiger partial charge in [0.2, 0.25) is 5.91 Å². The Labute approximate surface area is 247 Å². The minimum atomic E-state index is -0.173. The lowest BCUT2D eigenvalue weighted by molar-refractivity contribution is -0.134. The van der Waals surface area contributed by atoms with Gasteiger partial charge in [0.1, 0.15) is 5.65 Å². The van der Waals surface area contributed by atoms with Gasteiger partial charge in [0.25, 0.3) is 0 Å². The van der Waals surface area contributed by atoms with Crippen LogP contribution in [-0.4, -0.2) is 71.5 Å². The van der Waals surface area contributed by atoms with E-state index in [1.807, 2.05) is 42.7 Å². The third-order valence-electron chi connectivity index (χ3n) is 8.01. The number of pyridine rings is 1. The lowest BCUT2D eigenvalue weighted by Crippen LogP contribution is -2.52. The monoisotopic (exact) mass is 585 g/mol. The van der Waals surface area contributed by atoms with E-state index in [0.717, 1.165) is 60.2 Å². The van der Waals surface area contributed by atoms with Crippen molar-refractivity contribution in [2.24, 2.45) is 0 Å². The summed E-state index contributed by atoms with van der Waals surface area (Å²) in [5.41, 5.74) is 5.41. The maximum atomic E-state index is 14.1. The molecule has 0 radical (unpaired) electrons. The number of benzene rings is 2. The van der Waals surface area contributed by atoms with Gasteiger partial charge in [-0.15, -0.1) is 24.8 Å². The van der Waals surface area contributed by atoms with Gasteiger partial charge < -0.3 is 19.7 Å². The summed E-state index contributed by atoms with van der Waals surface area (Å²) >= 11 is 6.18. The number of hydrogen-bond acceptors (Lipinski definition) is 4. The molecule has 0 saturated carbocycles. The van der Waals surface area contributed by atoms with Crippen LogP contribution in [0.15, 0.2) is 73.1 Å². The summed E-state index contributed by atoms with van der Waals surface area (Å²) < 4.78 is 0. The molecule has 2 aliphatic heterocycles. The van der Waals surface area contributed by atoms with Crippen LogP contribution in [0, 0.1) is 0 Å². The first-order valence-electron chi connectivity index (χ1n) is 13.1. The summed E-state index contributed by atoms with van der Waals surface area (Å²) in [5, 5.41) is 1.82. The third kappa shape index (κ3) is 5.75. The summed E-state index contributed by atoms with van der Waals surface area (Å²) in [4.78, 5) is 28.8. The van der Waals surface area contributed by atoms with Crippen LogP contribution in [0.5, 0.6) is 0 Å². The number of aromatic nitrogens is 2. The normalized spacial score (nSPS) is 18.5. The lowest BCUT2D eigenvalue weighted by Gasteiger charge is -2.40. The number of nitrogens with one attached hydrogen (secondary N) is 1. The number of rotatable bonds is 5. The number of halogens is 3. The van der Waals surface area contributed by atoms with Crippen LogP contribution in [0.3, 0.4) is 0 Å². The minimum absolute atomic E-state index is 0. The number of fused-ring (bicyclic) bond motifs is 1. The van der Waals surface area contributed by atoms with E-state index in [2.05, 4.69) is 62.0 Å². The molecule has 2 atom stereocenters. The highest BCUT2D eigenvalue weighted by molar-refractivity contribution is 6.30. The molecule has 2 aromatic heterocycles. The van der Waals surface area contributed by atoms with Gasteiger partial charge in [-0.25, -0.2) is 4.98 Å². The Hall–Kier alpha value is -2.77. The molecular formula is C30H34Cl3N5O. The molecule has 39 heavy (non-hydrogen) atoms. The fourth-order valence-corrected chi connectivity index (χ4v) is 6.19. The Morgan fingerprint density at radius 3 is 2.36 bits per heavy atom. The zero-order valence-electron chi connectivity index (χ0n) is 21.9. The fraction of sp³-hybridized carbons (Fsp3) is 0.333. The van der Waals surface area contributed by atoms with E-state index < -0.39 is 0 Å². The maximum absolute atomic E-state index is 14.1. The Kier molecular flexibility index (Phi) is 9.44. The topological polar surface area (TPSA) is 55.5 Å². The minimum Gasteiger partial charge on any atom is -0.367 e. The van der Waals surface area contributed by atoms with Crippen LogP contribution in [0.25, 0.3) is 22.2 Å². The number of nitrogens with zero attached hydrogens (tertiary/aromatic N) is 4. The molecule has 2 aliphatic rings. The Balaban J connectivity index is 0.00000176. The maximum Gasteiger partial charge on any atom is 0.231 e. The number of amides is 1. The first-order chi connectivity index (χ1) is 18.1. The Morgan fingerprint density at radius 2 is 1.69 bits per heavy atom. The van der Waals surface area contributed by atoms with Crippen molar-refractivity contribution in [3.8, 4) is 11.1 Å². The van der Waals surface area contributed by atoms with E-state index in [1.54, 1.807) is 0 Å². The van der Waals surface area contributed by atoms with Crippen molar-refractivity contribution in [1.82, 2.24) is 19.8 Å². The van der Waals surface area contributed by atoms with E-state index in [-0.39, 0.29) is 42.7 Å². The first kappa shape index (κ1) is 29.2. The smallest absolute Gasteiger partial charge is 0.231 e. The standard InChI is InChI=1S/C30H32ClN5O.2ClH/c1-34-15-5-8-26(34)27(22-9-11-23(31)12-10-22)30(37)36-18-16-35(17-19-36)28-24-13-14-32-29(24)33-20-25(28)21-6-3-2-4-7-21;;/h2-4,6-7,9-14,20,26-27H,5,8,15-19H2,1H3,(H,32,33);2*1H. The largest absolute Gasteiger partial charge is 0.367 e. The quantitative estimate of drug-likeness (QED) is 0.300. The van der Waals surface area contributed by atoms with E-state index in [4.69, 9.17) is 11.6 Å². The lowest BCUT2D eigenvalue weighted by atomic mass is 9.88. The van der Waals surface area contributed by atoms with Crippen LogP contribution in [-0.2, 0) is 4.79 Å². The van der Waals surface area contributed by atoms with Crippen LogP contribution in [0.1, 0.15) is 24.3 Å². The Bertz CT molecular complexity index is 1390. The predicted octanol–water partition coefficient (Wildman–Crippen LogP) is 6.25. The van der Waals surface area contributed by atoms with Crippen LogP contribution in [0.2, 0.25) is 5.02 Å². The van der Waals surface area contributed by atoms with Crippen LogP contribution >= 0.6 is 36.4 Å². The third-order valence-corrected chi connectivity index (χ3v) is 8.26. The van der Waals surface area contributed by atoms with Gasteiger partial charge in [-0.1, -0.05) is 54.1 Å². The molecule has 4 heterocycles. The number of likely N-dealkylation sites (tertiary alicyclic amines) is 1. The highest BCUT2D eigenvalue weighted by Crippen LogP contribution is 2.38. The van der Waals surface area contributed by atoms with E-state index in [0.29, 0.717) is 18.1 Å². The molecule has 2 unspecified atom stereocenters.